The van der Waals surface area contributed by atoms with Crippen molar-refractivity contribution in [3.05, 3.63) is 36.4 Å². The van der Waals surface area contributed by atoms with Crippen LogP contribution >= 0.6 is 0 Å². The zero-order valence-corrected chi connectivity index (χ0v) is 10.7. The van der Waals surface area contributed by atoms with E-state index in [9.17, 15) is 14.7 Å². The van der Waals surface area contributed by atoms with E-state index in [0.717, 1.165) is 0 Å². The summed E-state index contributed by atoms with van der Waals surface area (Å²) in [6.45, 7) is 5.13. The number of aliphatic carboxylic acids is 1. The smallest absolute Gasteiger partial charge is 0.250 e. The van der Waals surface area contributed by atoms with Crippen LogP contribution in [-0.4, -0.2) is 25.2 Å². The topological polar surface area (TPSA) is 90.5 Å². The van der Waals surface area contributed by atoms with Gasteiger partial charge in [-0.15, -0.1) is 0 Å². The normalized spacial score (nSPS) is 11.5. The zero-order chi connectivity index (χ0) is 14.4. The van der Waals surface area contributed by atoms with E-state index in [1.54, 1.807) is 31.2 Å². The Bertz CT molecular complexity index is 482. The van der Waals surface area contributed by atoms with Gasteiger partial charge in [0.15, 0.2) is 6.23 Å². The van der Waals surface area contributed by atoms with Crippen LogP contribution in [0.25, 0.3) is 0 Å². The van der Waals surface area contributed by atoms with Gasteiger partial charge in [0.2, 0.25) is 0 Å². The van der Waals surface area contributed by atoms with E-state index < -0.39 is 12.2 Å². The van der Waals surface area contributed by atoms with Crippen LogP contribution in [0.15, 0.2) is 36.4 Å². The van der Waals surface area contributed by atoms with Crippen LogP contribution in [0, 0.1) is 0 Å². The largest absolute Gasteiger partial charge is 0.545 e. The Kier molecular flexibility index (Phi) is 5.08. The molecule has 6 heteroatoms. The Balaban J connectivity index is 2.68. The van der Waals surface area contributed by atoms with Gasteiger partial charge in [-0.2, -0.15) is 0 Å². The second kappa shape index (κ2) is 6.55. The zero-order valence-electron chi connectivity index (χ0n) is 10.7. The fourth-order valence-corrected chi connectivity index (χ4v) is 1.25. The summed E-state index contributed by atoms with van der Waals surface area (Å²) in [6, 6.07) is 6.49. The molecule has 102 valence electrons. The van der Waals surface area contributed by atoms with Crippen molar-refractivity contribution in [2.75, 3.05) is 17.7 Å². The number of amides is 1. The summed E-state index contributed by atoms with van der Waals surface area (Å²) in [5.74, 6) is -1.63. The summed E-state index contributed by atoms with van der Waals surface area (Å²) in [6.07, 6.45) is -1.23. The van der Waals surface area contributed by atoms with Gasteiger partial charge in [0.05, 0.1) is 5.97 Å². The van der Waals surface area contributed by atoms with Crippen LogP contribution in [0.5, 0.6) is 0 Å². The van der Waals surface area contributed by atoms with E-state index in [-0.39, 0.29) is 5.91 Å². The minimum Gasteiger partial charge on any atom is -0.545 e. The number of rotatable bonds is 6. The van der Waals surface area contributed by atoms with Crippen molar-refractivity contribution >= 4 is 23.3 Å². The number of carboxylic acid groups (broad SMARTS) is 1. The van der Waals surface area contributed by atoms with Crippen LogP contribution in [-0.2, 0) is 14.3 Å². The molecule has 19 heavy (non-hydrogen) atoms. The lowest BCUT2D eigenvalue weighted by Gasteiger charge is -2.19. The quantitative estimate of drug-likeness (QED) is 0.570. The molecule has 0 heterocycles. The van der Waals surface area contributed by atoms with Gasteiger partial charge in [-0.25, -0.2) is 0 Å². The first-order valence-electron chi connectivity index (χ1n) is 5.51. The number of methoxy groups -OCH3 is 1. The number of ether oxygens (including phenoxy) is 1. The first-order chi connectivity index (χ1) is 8.93. The van der Waals surface area contributed by atoms with Gasteiger partial charge >= 0.3 is 0 Å². The molecule has 1 amide bonds. The van der Waals surface area contributed by atoms with Gasteiger partial charge in [-0.1, -0.05) is 6.58 Å². The fourth-order valence-electron chi connectivity index (χ4n) is 1.25. The number of hydrogen-bond donors (Lipinski definition) is 2. The predicted octanol–water partition coefficient (Wildman–Crippen LogP) is 0.335. The van der Waals surface area contributed by atoms with E-state index in [0.29, 0.717) is 16.9 Å². The lowest BCUT2D eigenvalue weighted by molar-refractivity contribution is -0.314. The summed E-state index contributed by atoms with van der Waals surface area (Å²) in [5, 5.41) is 15.9. The van der Waals surface area contributed by atoms with Crippen LogP contribution in [0.4, 0.5) is 11.4 Å². The van der Waals surface area contributed by atoms with Crippen molar-refractivity contribution in [2.24, 2.45) is 0 Å². The third-order valence-corrected chi connectivity index (χ3v) is 2.28. The first kappa shape index (κ1) is 14.7. The van der Waals surface area contributed by atoms with Crippen LogP contribution in [0.1, 0.15) is 6.92 Å². The van der Waals surface area contributed by atoms with Crippen LogP contribution in [0.3, 0.4) is 0 Å². The average Bonchev–Trinajstić information content (AvgIpc) is 2.37. The molecule has 6 nitrogen and oxygen atoms in total. The maximum atomic E-state index is 11.4. The number of carbonyl (C=O) groups excluding carboxylic acids is 2. The van der Waals surface area contributed by atoms with Gasteiger partial charge < -0.3 is 25.3 Å². The molecule has 0 saturated heterocycles. The average molecular weight is 263 g/mol. The standard InChI is InChI=1S/C13H16N2O4/c1-8(2)11(16)14-9-4-6-10(7-5-9)15-12(19-3)13(17)18/h4-7,12,15H,1H2,2-3H3,(H,14,16)(H,17,18)/p-1. The molecule has 0 radical (unpaired) electrons. The molecular formula is C13H15N2O4-. The van der Waals surface area contributed by atoms with Crippen molar-refractivity contribution in [3.63, 3.8) is 0 Å². The predicted molar refractivity (Wildman–Crippen MR) is 69.3 cm³/mol. The summed E-state index contributed by atoms with van der Waals surface area (Å²) in [4.78, 5) is 22.0. The monoisotopic (exact) mass is 263 g/mol. The SMILES string of the molecule is C=C(C)C(=O)Nc1ccc(NC(OC)C(=O)[O-])cc1. The Morgan fingerprint density at radius 1 is 1.26 bits per heavy atom. The van der Waals surface area contributed by atoms with Gasteiger partial charge in [-0.3, -0.25) is 4.79 Å². The van der Waals surface area contributed by atoms with Crippen molar-refractivity contribution < 1.29 is 19.4 Å². The molecule has 0 aromatic heterocycles. The maximum Gasteiger partial charge on any atom is 0.250 e. The molecule has 0 spiro atoms. The first-order valence-corrected chi connectivity index (χ1v) is 5.51. The summed E-state index contributed by atoms with van der Waals surface area (Å²) in [5.41, 5.74) is 1.52. The highest BCUT2D eigenvalue weighted by Crippen LogP contribution is 2.15. The van der Waals surface area contributed by atoms with Gasteiger partial charge in [-0.05, 0) is 31.2 Å². The van der Waals surface area contributed by atoms with Crippen LogP contribution in [0.2, 0.25) is 0 Å². The third-order valence-electron chi connectivity index (χ3n) is 2.28. The lowest BCUT2D eigenvalue weighted by atomic mass is 10.2. The molecule has 1 rings (SSSR count). The highest BCUT2D eigenvalue weighted by Gasteiger charge is 2.08. The third kappa shape index (κ3) is 4.44. The molecule has 1 aromatic rings. The molecule has 0 fully saturated rings. The Morgan fingerprint density at radius 3 is 2.21 bits per heavy atom. The molecule has 1 atom stereocenters. The van der Waals surface area contributed by atoms with Gasteiger partial charge in [0.1, 0.15) is 0 Å². The number of hydrogen-bond acceptors (Lipinski definition) is 5. The number of anilines is 2. The van der Waals surface area contributed by atoms with Crippen molar-refractivity contribution in [2.45, 2.75) is 13.2 Å². The summed E-state index contributed by atoms with van der Waals surface area (Å²) >= 11 is 0. The minimum absolute atomic E-state index is 0.273. The van der Waals surface area contributed by atoms with Crippen molar-refractivity contribution in [1.29, 1.82) is 0 Å². The van der Waals surface area contributed by atoms with Gasteiger partial charge in [0, 0.05) is 24.1 Å². The van der Waals surface area contributed by atoms with E-state index >= 15 is 0 Å². The van der Waals surface area contributed by atoms with Crippen molar-refractivity contribution in [1.82, 2.24) is 0 Å². The van der Waals surface area contributed by atoms with Crippen LogP contribution < -0.4 is 15.7 Å². The molecule has 0 bridgehead atoms. The molecule has 0 aliphatic carbocycles. The Morgan fingerprint density at radius 2 is 1.79 bits per heavy atom. The Labute approximate surface area is 111 Å². The number of nitrogens with one attached hydrogen (secondary N) is 2. The second-order valence-electron chi connectivity index (χ2n) is 3.89. The summed E-state index contributed by atoms with van der Waals surface area (Å²) in [7, 11) is 1.26. The van der Waals surface area contributed by atoms with Crippen molar-refractivity contribution in [3.8, 4) is 0 Å². The number of carbonyl (C=O) groups is 2. The summed E-state index contributed by atoms with van der Waals surface area (Å²) < 4.78 is 4.69. The Hall–Kier alpha value is -2.34. The van der Waals surface area contributed by atoms with E-state index in [1.807, 2.05) is 0 Å². The molecule has 2 N–H and O–H groups in total. The molecule has 0 aliphatic heterocycles. The maximum absolute atomic E-state index is 11.4. The van der Waals surface area contributed by atoms with E-state index in [1.165, 1.54) is 7.11 Å². The van der Waals surface area contributed by atoms with E-state index in [4.69, 9.17) is 0 Å². The highest BCUT2D eigenvalue weighted by molar-refractivity contribution is 6.02. The fraction of sp³-hybridized carbons (Fsp3) is 0.231. The highest BCUT2D eigenvalue weighted by atomic mass is 16.5. The molecule has 1 aromatic carbocycles. The molecule has 1 unspecified atom stereocenters. The molecule has 0 aliphatic rings. The molecule has 0 saturated carbocycles. The lowest BCUT2D eigenvalue weighted by Crippen LogP contribution is -2.42. The molecular weight excluding hydrogens is 248 g/mol. The number of carboxylic acids is 1. The number of benzene rings is 1. The van der Waals surface area contributed by atoms with Gasteiger partial charge in [0.25, 0.3) is 5.91 Å². The second-order valence-corrected chi connectivity index (χ2v) is 3.89. The minimum atomic E-state index is -1.36. The van der Waals surface area contributed by atoms with E-state index in [2.05, 4.69) is 21.9 Å².